The van der Waals surface area contributed by atoms with Crippen molar-refractivity contribution >= 4 is 11.8 Å². The summed E-state index contributed by atoms with van der Waals surface area (Å²) in [7, 11) is 0. The number of aliphatic hydroxyl groups excluding tert-OH is 3. The number of hydrogen-bond acceptors (Lipinski definition) is 10. The Hall–Kier alpha value is -2.84. The van der Waals surface area contributed by atoms with Crippen LogP contribution in [0.4, 0.5) is 5.82 Å². The van der Waals surface area contributed by atoms with Gasteiger partial charge in [0.1, 0.15) is 30.2 Å². The monoisotopic (exact) mass is 398 g/mol. The first kappa shape index (κ1) is 21.5. The third-order valence-electron chi connectivity index (χ3n) is 3.95. The fraction of sp³-hybridized carbons (Fsp3) is 0.467. The maximum atomic E-state index is 11.5. The number of hydrogen-bond donors (Lipinski definition) is 7. The number of H-pyrrole nitrogens is 1. The van der Waals surface area contributed by atoms with E-state index in [1.807, 2.05) is 0 Å². The predicted molar refractivity (Wildman–Crippen MR) is 93.8 cm³/mol. The number of nitrogens with one attached hydrogen (secondary N) is 1. The molecule has 1 fully saturated rings. The number of carboxylic acid groups (broad SMARTS) is 1. The maximum absolute atomic E-state index is 11.5. The van der Waals surface area contributed by atoms with Gasteiger partial charge in [-0.15, -0.1) is 0 Å². The van der Waals surface area contributed by atoms with Gasteiger partial charge in [0.15, 0.2) is 6.23 Å². The minimum absolute atomic E-state index is 0.0537. The van der Waals surface area contributed by atoms with E-state index in [2.05, 4.69) is 15.0 Å². The fourth-order valence-corrected chi connectivity index (χ4v) is 2.45. The second-order valence-corrected chi connectivity index (χ2v) is 6.00. The highest BCUT2D eigenvalue weighted by molar-refractivity contribution is 5.73. The van der Waals surface area contributed by atoms with Crippen molar-refractivity contribution in [2.24, 2.45) is 5.73 Å². The molecule has 9 N–H and O–H groups in total. The first-order chi connectivity index (χ1) is 13.2. The smallest absolute Gasteiger partial charge is 0.351 e. The summed E-state index contributed by atoms with van der Waals surface area (Å²) in [6, 6.07) is 0.520. The summed E-state index contributed by atoms with van der Waals surface area (Å²) in [4.78, 5) is 31.8. The highest BCUT2D eigenvalue weighted by atomic mass is 16.6. The first-order valence-corrected chi connectivity index (χ1v) is 8.17. The zero-order chi connectivity index (χ0) is 20.8. The van der Waals surface area contributed by atoms with Crippen LogP contribution in [-0.4, -0.2) is 76.9 Å². The maximum Gasteiger partial charge on any atom is 0.351 e. The van der Waals surface area contributed by atoms with E-state index < -0.39 is 48.8 Å². The second-order valence-electron chi connectivity index (χ2n) is 6.00. The summed E-state index contributed by atoms with van der Waals surface area (Å²) in [5.41, 5.74) is 10.6. The molecule has 1 saturated heterocycles. The molecule has 0 saturated carbocycles. The topological polar surface area (TPSA) is 223 Å². The number of nitrogens with two attached hydrogens (primary N) is 2. The first-order valence-electron chi connectivity index (χ1n) is 8.17. The molecule has 154 valence electrons. The van der Waals surface area contributed by atoms with Crippen molar-refractivity contribution in [2.75, 3.05) is 12.3 Å². The van der Waals surface area contributed by atoms with Crippen LogP contribution < -0.4 is 17.2 Å². The molecule has 2 aromatic heterocycles. The van der Waals surface area contributed by atoms with Crippen LogP contribution in [0, 0.1) is 0 Å². The number of aliphatic hydroxyl groups is 3. The van der Waals surface area contributed by atoms with Crippen LogP contribution in [0.2, 0.25) is 0 Å². The van der Waals surface area contributed by atoms with Crippen LogP contribution in [0.25, 0.3) is 0 Å². The molecule has 0 bridgehead atoms. The van der Waals surface area contributed by atoms with Crippen molar-refractivity contribution in [1.82, 2.24) is 19.5 Å². The lowest BCUT2D eigenvalue weighted by atomic mass is 10.1. The van der Waals surface area contributed by atoms with E-state index in [1.54, 1.807) is 6.20 Å². The summed E-state index contributed by atoms with van der Waals surface area (Å²) in [5.74, 6) is -0.947. The van der Waals surface area contributed by atoms with Crippen LogP contribution in [0.3, 0.4) is 0 Å². The van der Waals surface area contributed by atoms with E-state index in [0.717, 1.165) is 10.3 Å². The third kappa shape index (κ3) is 5.11. The lowest BCUT2D eigenvalue weighted by Crippen LogP contribution is -2.36. The van der Waals surface area contributed by atoms with Crippen molar-refractivity contribution < 1.29 is 30.0 Å². The van der Waals surface area contributed by atoms with E-state index in [0.29, 0.717) is 0 Å². The van der Waals surface area contributed by atoms with E-state index >= 15 is 0 Å². The van der Waals surface area contributed by atoms with Gasteiger partial charge < -0.3 is 41.6 Å². The van der Waals surface area contributed by atoms with Gasteiger partial charge in [0, 0.05) is 24.5 Å². The lowest BCUT2D eigenvalue weighted by molar-refractivity contribution is -0.138. The van der Waals surface area contributed by atoms with Gasteiger partial charge in [-0.25, -0.2) is 9.78 Å². The Morgan fingerprint density at radius 2 is 2.11 bits per heavy atom. The average Bonchev–Trinajstić information content (AvgIpc) is 3.25. The van der Waals surface area contributed by atoms with Gasteiger partial charge in [0.2, 0.25) is 0 Å². The number of nitrogens with zero attached hydrogens (tertiary/aromatic N) is 3. The quantitative estimate of drug-likeness (QED) is 0.265. The summed E-state index contributed by atoms with van der Waals surface area (Å²) >= 11 is 0. The van der Waals surface area contributed by atoms with E-state index in [-0.39, 0.29) is 12.2 Å². The minimum atomic E-state index is -1.31. The molecule has 0 aromatic carbocycles. The van der Waals surface area contributed by atoms with Crippen LogP contribution in [-0.2, 0) is 16.0 Å². The zero-order valence-electron chi connectivity index (χ0n) is 14.6. The molecule has 0 radical (unpaired) electrons. The standard InChI is InChI=1S/C9H13N3O5.C6H9N3O2/c10-5-1-2-12(9(16)11-5)8-7(15)6(14)4(3-13)17-8;7-5(6(10)11)1-4-2-8-3-9-4/h1-2,4,6-8,13-15H,3H2,(H2,10,11,16);2-3,5H,1,7H2,(H,8,9)(H,10,11)/t4-,6-,7-,8-;/m1./s1. The summed E-state index contributed by atoms with van der Waals surface area (Å²) in [5, 5.41) is 36.6. The van der Waals surface area contributed by atoms with Gasteiger partial charge >= 0.3 is 11.7 Å². The van der Waals surface area contributed by atoms with Gasteiger partial charge in [-0.05, 0) is 6.07 Å². The van der Waals surface area contributed by atoms with Crippen molar-refractivity contribution in [3.63, 3.8) is 0 Å². The molecular weight excluding hydrogens is 376 g/mol. The second kappa shape index (κ2) is 9.38. The molecule has 1 aliphatic heterocycles. The molecular formula is C15H22N6O7. The number of aromatic amines is 1. The van der Waals surface area contributed by atoms with Crippen molar-refractivity contribution in [3.8, 4) is 0 Å². The SMILES string of the molecule is NC(Cc1cnc[nH]1)C(=O)O.Nc1ccn([C@@H]2O[C@H](CO)[C@@H](O)[C@H]2O)c(=O)n1. The molecule has 5 atom stereocenters. The number of anilines is 1. The molecule has 28 heavy (non-hydrogen) atoms. The lowest BCUT2D eigenvalue weighted by Gasteiger charge is -2.16. The summed E-state index contributed by atoms with van der Waals surface area (Å²) in [6.45, 7) is -0.453. The van der Waals surface area contributed by atoms with Crippen LogP contribution in [0.5, 0.6) is 0 Å². The molecule has 1 aliphatic rings. The van der Waals surface area contributed by atoms with Crippen molar-refractivity contribution in [2.45, 2.75) is 37.0 Å². The molecule has 3 heterocycles. The number of imidazole rings is 1. The molecule has 0 aliphatic carbocycles. The minimum Gasteiger partial charge on any atom is -0.480 e. The zero-order valence-corrected chi connectivity index (χ0v) is 14.6. The predicted octanol–water partition coefficient (Wildman–Crippen LogP) is -3.20. The van der Waals surface area contributed by atoms with E-state index in [4.69, 9.17) is 26.4 Å². The van der Waals surface area contributed by atoms with Crippen molar-refractivity contribution in [3.05, 3.63) is 41.0 Å². The fourth-order valence-electron chi connectivity index (χ4n) is 2.45. The highest BCUT2D eigenvalue weighted by Crippen LogP contribution is 2.27. The number of aromatic nitrogens is 4. The van der Waals surface area contributed by atoms with Gasteiger partial charge in [-0.1, -0.05) is 0 Å². The van der Waals surface area contributed by atoms with Crippen LogP contribution >= 0.6 is 0 Å². The van der Waals surface area contributed by atoms with Gasteiger partial charge in [0.25, 0.3) is 0 Å². The number of carbonyl (C=O) groups is 1. The van der Waals surface area contributed by atoms with E-state index in [9.17, 15) is 19.8 Å². The Kier molecular flexibility index (Phi) is 7.19. The third-order valence-corrected chi connectivity index (χ3v) is 3.95. The van der Waals surface area contributed by atoms with Crippen LogP contribution in [0.1, 0.15) is 11.9 Å². The Labute approximate surface area is 158 Å². The number of rotatable bonds is 5. The van der Waals surface area contributed by atoms with Crippen molar-refractivity contribution in [1.29, 1.82) is 0 Å². The normalized spacial score (nSPS) is 25.0. The molecule has 0 spiro atoms. The Morgan fingerprint density at radius 1 is 1.39 bits per heavy atom. The summed E-state index contributed by atoms with van der Waals surface area (Å²) in [6.07, 6.45) is 0.0690. The number of nitrogen functional groups attached to an aromatic ring is 1. The number of ether oxygens (including phenoxy) is 1. The molecule has 13 heteroatoms. The van der Waals surface area contributed by atoms with Gasteiger partial charge in [0.05, 0.1) is 12.9 Å². The largest absolute Gasteiger partial charge is 0.480 e. The van der Waals surface area contributed by atoms with Gasteiger partial charge in [-0.3, -0.25) is 9.36 Å². The molecule has 13 nitrogen and oxygen atoms in total. The number of carboxylic acids is 1. The molecule has 0 amide bonds. The van der Waals surface area contributed by atoms with Gasteiger partial charge in [-0.2, -0.15) is 4.98 Å². The summed E-state index contributed by atoms with van der Waals surface area (Å²) < 4.78 is 6.19. The van der Waals surface area contributed by atoms with E-state index in [1.165, 1.54) is 18.6 Å². The van der Waals surface area contributed by atoms with Crippen LogP contribution in [0.15, 0.2) is 29.6 Å². The Morgan fingerprint density at radius 3 is 2.61 bits per heavy atom. The number of aliphatic carboxylic acids is 1. The molecule has 2 aromatic rings. The average molecular weight is 398 g/mol. The molecule has 3 rings (SSSR count). The Balaban J connectivity index is 0.000000221. The molecule has 1 unspecified atom stereocenters. The Bertz CT molecular complexity index is 827. The highest BCUT2D eigenvalue weighted by Gasteiger charge is 2.43.